The van der Waals surface area contributed by atoms with E-state index in [2.05, 4.69) is 26.2 Å². The second-order valence-corrected chi connectivity index (χ2v) is 19.9. The van der Waals surface area contributed by atoms with Crippen LogP contribution < -0.4 is 14.8 Å². The van der Waals surface area contributed by atoms with Gasteiger partial charge in [0.2, 0.25) is 19.2 Å². The number of rotatable bonds is 9. The van der Waals surface area contributed by atoms with Crippen molar-refractivity contribution in [1.82, 2.24) is 15.2 Å². The summed E-state index contributed by atoms with van der Waals surface area (Å²) in [7, 11) is -4.40. The molecule has 15 heteroatoms. The molecule has 2 unspecified atom stereocenters. The van der Waals surface area contributed by atoms with Gasteiger partial charge in [0.25, 0.3) is 0 Å². The molecule has 3 heterocycles. The quantitative estimate of drug-likeness (QED) is 0.201. The first-order valence-corrected chi connectivity index (χ1v) is 23.4. The largest absolute Gasteiger partial charge is 0.488 e. The van der Waals surface area contributed by atoms with Crippen LogP contribution in [-0.2, 0) is 25.1 Å². The predicted molar refractivity (Wildman–Crippen MR) is 218 cm³/mol. The SMILES string of the molecule is CCOc1cc(OC2C[C@H]3C(=O)C[C@]4(P(=O)(O)Cc5c(F)cccc5F)C[C@H]4CCCCCCC[C@H](NC(=O)OC4CCCC4)C(=O)N3C2)c2ccc(C)c(Br)c2n1. The van der Waals surface area contributed by atoms with Gasteiger partial charge in [0, 0.05) is 34.3 Å². The number of pyridine rings is 1. The highest BCUT2D eigenvalue weighted by Crippen LogP contribution is 2.75. The third-order valence-corrected chi connectivity index (χ3v) is 16.4. The van der Waals surface area contributed by atoms with E-state index in [0.29, 0.717) is 48.4 Å². The van der Waals surface area contributed by atoms with Crippen LogP contribution in [0.5, 0.6) is 11.6 Å². The highest BCUT2D eigenvalue weighted by Gasteiger charge is 2.66. The van der Waals surface area contributed by atoms with Crippen LogP contribution in [-0.4, -0.2) is 75.2 Å². The summed E-state index contributed by atoms with van der Waals surface area (Å²) in [4.78, 5) is 60.7. The van der Waals surface area contributed by atoms with Gasteiger partial charge in [0.05, 0.1) is 36.0 Å². The molecule has 4 aliphatic rings. The Kier molecular flexibility index (Phi) is 13.1. The Morgan fingerprint density at radius 1 is 1.02 bits per heavy atom. The summed E-state index contributed by atoms with van der Waals surface area (Å²) in [6.45, 7) is 4.16. The van der Waals surface area contributed by atoms with Gasteiger partial charge in [0.1, 0.15) is 35.6 Å². The normalized spacial score (nSPS) is 26.9. The maximum atomic E-state index is 14.9. The van der Waals surface area contributed by atoms with Crippen molar-refractivity contribution in [2.24, 2.45) is 5.92 Å². The third-order valence-electron chi connectivity index (χ3n) is 12.6. The predicted octanol–water partition coefficient (Wildman–Crippen LogP) is 9.30. The maximum Gasteiger partial charge on any atom is 0.408 e. The van der Waals surface area contributed by atoms with Gasteiger partial charge >= 0.3 is 6.09 Å². The lowest BCUT2D eigenvalue weighted by Gasteiger charge is -2.30. The molecule has 2 amide bonds. The Labute approximate surface area is 346 Å². The molecular formula is C43H53BrF2N3O8P. The van der Waals surface area contributed by atoms with Crippen molar-refractivity contribution in [2.45, 2.75) is 139 Å². The van der Waals surface area contributed by atoms with Crippen LogP contribution in [0.25, 0.3) is 10.9 Å². The van der Waals surface area contributed by atoms with E-state index >= 15 is 0 Å². The Bertz CT molecular complexity index is 2060. The number of hydrogen-bond donors (Lipinski definition) is 2. The van der Waals surface area contributed by atoms with E-state index in [1.165, 1.54) is 11.0 Å². The molecule has 58 heavy (non-hydrogen) atoms. The molecule has 0 bridgehead atoms. The van der Waals surface area contributed by atoms with E-state index in [0.717, 1.165) is 73.5 Å². The van der Waals surface area contributed by atoms with E-state index in [9.17, 15) is 32.6 Å². The number of aromatic nitrogens is 1. The van der Waals surface area contributed by atoms with Crippen molar-refractivity contribution in [3.63, 3.8) is 0 Å². The molecule has 0 spiro atoms. The Morgan fingerprint density at radius 2 is 1.71 bits per heavy atom. The summed E-state index contributed by atoms with van der Waals surface area (Å²) in [5, 5.41) is 2.13. The number of carbonyl (C=O) groups is 3. The lowest BCUT2D eigenvalue weighted by atomic mass is 10.0. The minimum atomic E-state index is -4.40. The zero-order valence-electron chi connectivity index (χ0n) is 33.2. The van der Waals surface area contributed by atoms with Gasteiger partial charge in [-0.1, -0.05) is 44.2 Å². The number of halogens is 3. The van der Waals surface area contributed by atoms with E-state index in [1.807, 2.05) is 26.0 Å². The molecule has 2 saturated carbocycles. The molecule has 3 aromatic rings. The molecule has 4 fully saturated rings. The van der Waals surface area contributed by atoms with E-state index in [-0.39, 0.29) is 37.8 Å². The average molecular weight is 889 g/mol. The Hall–Kier alpha value is -3.61. The first kappa shape index (κ1) is 42.5. The molecule has 314 valence electrons. The van der Waals surface area contributed by atoms with Crippen molar-refractivity contribution in [2.75, 3.05) is 13.2 Å². The number of amides is 2. The van der Waals surface area contributed by atoms with E-state index in [4.69, 9.17) is 14.2 Å². The van der Waals surface area contributed by atoms with Crippen LogP contribution in [0.4, 0.5) is 13.6 Å². The number of nitrogens with one attached hydrogen (secondary N) is 1. The number of ketones is 1. The standard InChI is InChI=1S/C43H53BrF2N3O8P/c1-3-55-38-21-37(30-19-18-26(2)39(44)40(30)48-38)56-29-20-35-36(50)23-43(58(53,54)25-31-32(45)15-11-16-33(31)46)22-27(43)12-7-5-4-6-8-17-34(41(51)49(35)24-29)47-42(52)57-28-13-9-10-14-28/h11,15-16,18-19,21,27-29,34-35H,3-10,12-14,17,20,22-25H2,1-2H3,(H,47,52)(H,53,54)/t27-,29?,34+,35+,43-/m1/s1. The summed E-state index contributed by atoms with van der Waals surface area (Å²) in [5.41, 5.74) is 1.11. The molecule has 11 nitrogen and oxygen atoms in total. The average Bonchev–Trinajstić information content (AvgIpc) is 3.45. The number of carbonyl (C=O) groups excluding carboxylic acids is 3. The Balaban J connectivity index is 1.22. The van der Waals surface area contributed by atoms with Crippen molar-refractivity contribution in [3.05, 3.63) is 63.6 Å². The first-order valence-electron chi connectivity index (χ1n) is 20.7. The van der Waals surface area contributed by atoms with Crippen molar-refractivity contribution in [3.8, 4) is 11.6 Å². The van der Waals surface area contributed by atoms with Gasteiger partial charge in [0.15, 0.2) is 5.78 Å². The van der Waals surface area contributed by atoms with Crippen molar-refractivity contribution >= 4 is 52.0 Å². The van der Waals surface area contributed by atoms with Crippen LogP contribution in [0.3, 0.4) is 0 Å². The minimum absolute atomic E-state index is 0.000436. The van der Waals surface area contributed by atoms with Crippen LogP contribution in [0, 0.1) is 24.5 Å². The number of fused-ring (bicyclic) bond motifs is 3. The zero-order valence-corrected chi connectivity index (χ0v) is 35.6. The number of benzene rings is 2. The van der Waals surface area contributed by atoms with Gasteiger partial charge in [-0.15, -0.1) is 0 Å². The van der Waals surface area contributed by atoms with E-state index < -0.39 is 71.9 Å². The zero-order chi connectivity index (χ0) is 41.2. The number of hydrogen-bond acceptors (Lipinski definition) is 8. The summed E-state index contributed by atoms with van der Waals surface area (Å²) >= 11 is 3.65. The smallest absolute Gasteiger partial charge is 0.408 e. The molecule has 2 aliphatic carbocycles. The van der Waals surface area contributed by atoms with Crippen molar-refractivity contribution < 1.29 is 46.8 Å². The van der Waals surface area contributed by atoms with E-state index in [1.54, 1.807) is 6.07 Å². The van der Waals surface area contributed by atoms with Gasteiger partial charge in [-0.05, 0) is 104 Å². The van der Waals surface area contributed by atoms with Gasteiger partial charge < -0.3 is 29.3 Å². The second kappa shape index (κ2) is 17.9. The number of Topliss-reactive ketones (excluding diaryl/α,β-unsaturated/α-hetero) is 1. The monoisotopic (exact) mass is 887 g/mol. The highest BCUT2D eigenvalue weighted by atomic mass is 79.9. The van der Waals surface area contributed by atoms with Gasteiger partial charge in [-0.25, -0.2) is 18.6 Å². The molecule has 2 aromatic carbocycles. The fraction of sp³-hybridized carbons (Fsp3) is 0.581. The fourth-order valence-corrected chi connectivity index (χ4v) is 12.4. The molecule has 2 saturated heterocycles. The lowest BCUT2D eigenvalue weighted by Crippen LogP contribution is -2.52. The first-order chi connectivity index (χ1) is 27.8. The van der Waals surface area contributed by atoms with Crippen LogP contribution in [0.2, 0.25) is 0 Å². The molecule has 1 aromatic heterocycles. The van der Waals surface area contributed by atoms with Crippen LogP contribution in [0.15, 0.2) is 40.9 Å². The van der Waals surface area contributed by atoms with Crippen LogP contribution in [0.1, 0.15) is 108 Å². The molecule has 6 atom stereocenters. The van der Waals surface area contributed by atoms with Gasteiger partial charge in [-0.2, -0.15) is 0 Å². The van der Waals surface area contributed by atoms with Crippen LogP contribution >= 0.6 is 23.3 Å². The molecule has 7 rings (SSSR count). The second-order valence-electron chi connectivity index (χ2n) is 16.5. The summed E-state index contributed by atoms with van der Waals surface area (Å²) in [6, 6.07) is 6.79. The highest BCUT2D eigenvalue weighted by molar-refractivity contribution is 9.10. The third kappa shape index (κ3) is 9.09. The summed E-state index contributed by atoms with van der Waals surface area (Å²) in [6.07, 6.45) is 5.96. The Morgan fingerprint density at radius 3 is 2.43 bits per heavy atom. The fourth-order valence-electron chi connectivity index (χ4n) is 9.28. The maximum absolute atomic E-state index is 14.9. The number of alkyl carbamates (subject to hydrolysis) is 1. The topological polar surface area (TPSA) is 144 Å². The summed E-state index contributed by atoms with van der Waals surface area (Å²) < 4.78 is 63.2. The lowest BCUT2D eigenvalue weighted by molar-refractivity contribution is -0.139. The summed E-state index contributed by atoms with van der Waals surface area (Å²) in [5.74, 6) is -2.23. The number of nitrogens with zero attached hydrogens (tertiary/aromatic N) is 2. The number of ether oxygens (including phenoxy) is 3. The molecular weight excluding hydrogens is 835 g/mol. The number of aryl methyl sites for hydroxylation is 1. The molecule has 0 radical (unpaired) electrons. The molecule has 2 N–H and O–H groups in total. The van der Waals surface area contributed by atoms with Gasteiger partial charge in [-0.3, -0.25) is 14.2 Å². The molecule has 2 aliphatic heterocycles. The van der Waals surface area contributed by atoms with Crippen molar-refractivity contribution in [1.29, 1.82) is 0 Å². The minimum Gasteiger partial charge on any atom is -0.488 e.